The van der Waals surface area contributed by atoms with Crippen LogP contribution < -0.4 is 9.64 Å². The molecule has 2 aromatic rings. The highest BCUT2D eigenvalue weighted by molar-refractivity contribution is 14.1. The van der Waals surface area contributed by atoms with Gasteiger partial charge in [-0.1, -0.05) is 0 Å². The number of alkyl halides is 2. The molecule has 9 heteroatoms. The third-order valence-corrected chi connectivity index (χ3v) is 4.65. The van der Waals surface area contributed by atoms with E-state index < -0.39 is 18.6 Å². The van der Waals surface area contributed by atoms with Gasteiger partial charge in [-0.25, -0.2) is 23.5 Å². The molecule has 1 amide bonds. The number of carbonyl (C=O) groups is 1. The molecule has 0 saturated carbocycles. The molecule has 6 nitrogen and oxygen atoms in total. The van der Waals surface area contributed by atoms with E-state index in [-0.39, 0.29) is 12.4 Å². The van der Waals surface area contributed by atoms with Gasteiger partial charge in [0, 0.05) is 9.77 Å². The van der Waals surface area contributed by atoms with Crippen molar-refractivity contribution in [2.75, 3.05) is 18.1 Å². The van der Waals surface area contributed by atoms with Crippen LogP contribution >= 0.6 is 22.6 Å². The molecule has 0 bridgehead atoms. The van der Waals surface area contributed by atoms with E-state index in [9.17, 15) is 13.6 Å². The number of hydrogen-bond donors (Lipinski definition) is 0. The van der Waals surface area contributed by atoms with Crippen LogP contribution in [-0.2, 0) is 11.3 Å². The topological polar surface area (TPSA) is 56.6 Å². The Balaban J connectivity index is 1.79. The summed E-state index contributed by atoms with van der Waals surface area (Å²) in [6.45, 7) is 0.602. The number of benzene rings is 1. The van der Waals surface area contributed by atoms with E-state index in [1.165, 1.54) is 0 Å². The Morgan fingerprint density at radius 2 is 2.17 bits per heavy atom. The second kappa shape index (κ2) is 5.87. The van der Waals surface area contributed by atoms with Crippen molar-refractivity contribution in [3.63, 3.8) is 0 Å². The lowest BCUT2D eigenvalue weighted by Crippen LogP contribution is -2.38. The standard InChI is InChI=1S/C15H12F2IN3O3/c16-13(17)10-7-24-15(22)21(10)12-6-20-3-4-23-11-5-8(18)1-2-9(11)14(20)19-12/h1-2,5-6,10,13H,3-4,7H2/t10-/m0/s1. The zero-order chi connectivity index (χ0) is 16.8. The molecular weight excluding hydrogens is 435 g/mol. The lowest BCUT2D eigenvalue weighted by Gasteiger charge is -2.17. The van der Waals surface area contributed by atoms with Crippen molar-refractivity contribution in [3.05, 3.63) is 28.0 Å². The lowest BCUT2D eigenvalue weighted by molar-refractivity contribution is 0.104. The van der Waals surface area contributed by atoms with E-state index in [2.05, 4.69) is 27.6 Å². The maximum atomic E-state index is 13.2. The highest BCUT2D eigenvalue weighted by Crippen LogP contribution is 2.36. The summed E-state index contributed by atoms with van der Waals surface area (Å²) in [6.07, 6.45) is -1.91. The lowest BCUT2D eigenvalue weighted by atomic mass is 10.2. The fourth-order valence-electron chi connectivity index (χ4n) is 2.84. The highest BCUT2D eigenvalue weighted by atomic mass is 127. The number of hydrogen-bond acceptors (Lipinski definition) is 4. The van der Waals surface area contributed by atoms with Gasteiger partial charge in [-0.05, 0) is 40.8 Å². The summed E-state index contributed by atoms with van der Waals surface area (Å²) in [4.78, 5) is 17.2. The van der Waals surface area contributed by atoms with Gasteiger partial charge in [0.05, 0.1) is 12.1 Å². The maximum absolute atomic E-state index is 13.2. The number of rotatable bonds is 2. The average molecular weight is 447 g/mol. The number of imidazole rings is 1. The summed E-state index contributed by atoms with van der Waals surface area (Å²) in [5.41, 5.74) is 0.764. The molecule has 1 aromatic carbocycles. The smallest absolute Gasteiger partial charge is 0.416 e. The van der Waals surface area contributed by atoms with Crippen LogP contribution in [0.15, 0.2) is 24.4 Å². The van der Waals surface area contributed by atoms with Crippen LogP contribution in [-0.4, -0.2) is 41.3 Å². The molecule has 2 aliphatic rings. The van der Waals surface area contributed by atoms with E-state index in [1.54, 1.807) is 6.20 Å². The van der Waals surface area contributed by atoms with Crippen molar-refractivity contribution in [3.8, 4) is 17.1 Å². The van der Waals surface area contributed by atoms with Crippen molar-refractivity contribution in [1.82, 2.24) is 9.55 Å². The Morgan fingerprint density at radius 3 is 2.96 bits per heavy atom. The molecule has 24 heavy (non-hydrogen) atoms. The Kier molecular flexibility index (Phi) is 3.82. The number of ether oxygens (including phenoxy) is 2. The number of cyclic esters (lactones) is 1. The van der Waals surface area contributed by atoms with Gasteiger partial charge < -0.3 is 14.0 Å². The molecule has 3 heterocycles. The number of anilines is 1. The molecule has 1 fully saturated rings. The van der Waals surface area contributed by atoms with Gasteiger partial charge >= 0.3 is 6.09 Å². The van der Waals surface area contributed by atoms with Crippen molar-refractivity contribution < 1.29 is 23.0 Å². The maximum Gasteiger partial charge on any atom is 0.416 e. The zero-order valence-electron chi connectivity index (χ0n) is 12.3. The summed E-state index contributed by atoms with van der Waals surface area (Å²) in [5.74, 6) is 1.44. The third kappa shape index (κ3) is 2.50. The molecule has 1 aromatic heterocycles. The summed E-state index contributed by atoms with van der Waals surface area (Å²) in [6, 6.07) is 4.37. The number of nitrogens with zero attached hydrogens (tertiary/aromatic N) is 3. The molecule has 0 unspecified atom stereocenters. The molecule has 4 rings (SSSR count). The first-order valence-electron chi connectivity index (χ1n) is 7.28. The molecule has 0 aliphatic carbocycles. The SMILES string of the molecule is O=C1OC[C@@H](C(F)F)N1c1cn2c(n1)-c1ccc(I)cc1OCC2. The molecule has 2 aliphatic heterocycles. The van der Waals surface area contributed by atoms with Gasteiger partial charge in [0.25, 0.3) is 6.43 Å². The molecule has 1 saturated heterocycles. The fraction of sp³-hybridized carbons (Fsp3) is 0.333. The van der Waals surface area contributed by atoms with Gasteiger partial charge in [-0.3, -0.25) is 0 Å². The predicted octanol–water partition coefficient (Wildman–Crippen LogP) is 3.14. The van der Waals surface area contributed by atoms with Gasteiger partial charge in [0.1, 0.15) is 30.8 Å². The van der Waals surface area contributed by atoms with Crippen LogP contribution in [0.25, 0.3) is 11.4 Å². The van der Waals surface area contributed by atoms with Crippen LogP contribution in [0.4, 0.5) is 19.4 Å². The van der Waals surface area contributed by atoms with Crippen LogP contribution in [0, 0.1) is 3.57 Å². The monoisotopic (exact) mass is 447 g/mol. The average Bonchev–Trinajstić information content (AvgIpc) is 3.07. The van der Waals surface area contributed by atoms with E-state index in [4.69, 9.17) is 9.47 Å². The Bertz CT molecular complexity index is 811. The van der Waals surface area contributed by atoms with E-state index in [0.717, 1.165) is 14.0 Å². The summed E-state index contributed by atoms with van der Waals surface area (Å²) in [5, 5.41) is 0. The number of fused-ring (bicyclic) bond motifs is 3. The Labute approximate surface area is 149 Å². The normalized spacial score (nSPS) is 19.6. The third-order valence-electron chi connectivity index (χ3n) is 3.98. The minimum atomic E-state index is -2.70. The largest absolute Gasteiger partial charge is 0.491 e. The molecule has 0 spiro atoms. The van der Waals surface area contributed by atoms with E-state index in [1.807, 2.05) is 22.8 Å². The molecular formula is C15H12F2IN3O3. The first-order valence-corrected chi connectivity index (χ1v) is 8.36. The van der Waals surface area contributed by atoms with Gasteiger partial charge in [-0.2, -0.15) is 0 Å². The molecule has 126 valence electrons. The van der Waals surface area contributed by atoms with Crippen LogP contribution in [0.3, 0.4) is 0 Å². The van der Waals surface area contributed by atoms with E-state index in [0.29, 0.717) is 24.7 Å². The molecule has 0 radical (unpaired) electrons. The minimum Gasteiger partial charge on any atom is -0.491 e. The first kappa shape index (κ1) is 15.6. The quantitative estimate of drug-likeness (QED) is 0.665. The highest BCUT2D eigenvalue weighted by Gasteiger charge is 2.42. The first-order chi connectivity index (χ1) is 11.5. The summed E-state index contributed by atoms with van der Waals surface area (Å²) in [7, 11) is 0. The molecule has 1 atom stereocenters. The zero-order valence-corrected chi connectivity index (χ0v) is 14.4. The number of amides is 1. The van der Waals surface area contributed by atoms with Crippen LogP contribution in [0.5, 0.6) is 5.75 Å². The Hall–Kier alpha value is -1.91. The van der Waals surface area contributed by atoms with Crippen LogP contribution in [0.1, 0.15) is 0 Å². The summed E-state index contributed by atoms with van der Waals surface area (Å²) < 4.78 is 39.6. The fourth-order valence-corrected chi connectivity index (χ4v) is 3.31. The second-order valence-electron chi connectivity index (χ2n) is 5.45. The van der Waals surface area contributed by atoms with Gasteiger partial charge in [0.2, 0.25) is 0 Å². The van der Waals surface area contributed by atoms with Gasteiger partial charge in [0.15, 0.2) is 5.82 Å². The number of halogens is 3. The van der Waals surface area contributed by atoms with E-state index >= 15 is 0 Å². The number of carbonyl (C=O) groups excluding carboxylic acids is 1. The van der Waals surface area contributed by atoms with Crippen molar-refractivity contribution in [2.45, 2.75) is 19.0 Å². The van der Waals surface area contributed by atoms with Gasteiger partial charge in [-0.15, -0.1) is 0 Å². The van der Waals surface area contributed by atoms with Crippen LogP contribution in [0.2, 0.25) is 0 Å². The summed E-state index contributed by atoms with van der Waals surface area (Å²) >= 11 is 2.19. The van der Waals surface area contributed by atoms with Crippen molar-refractivity contribution in [2.24, 2.45) is 0 Å². The Morgan fingerprint density at radius 1 is 1.33 bits per heavy atom. The number of aromatic nitrogens is 2. The second-order valence-corrected chi connectivity index (χ2v) is 6.70. The predicted molar refractivity (Wildman–Crippen MR) is 89.5 cm³/mol. The molecule has 0 N–H and O–H groups in total. The minimum absolute atomic E-state index is 0.171. The van der Waals surface area contributed by atoms with Crippen molar-refractivity contribution in [1.29, 1.82) is 0 Å². The van der Waals surface area contributed by atoms with Crippen molar-refractivity contribution >= 4 is 34.5 Å².